The van der Waals surface area contributed by atoms with E-state index in [0.717, 1.165) is 24.4 Å². The molecule has 0 spiro atoms. The fraction of sp³-hybridized carbons (Fsp3) is 0.357. The molecular formula is C14H14N6OS. The highest BCUT2D eigenvalue weighted by atomic mass is 32.2. The van der Waals surface area contributed by atoms with Crippen molar-refractivity contribution in [2.24, 2.45) is 0 Å². The van der Waals surface area contributed by atoms with Crippen molar-refractivity contribution in [3.63, 3.8) is 0 Å². The van der Waals surface area contributed by atoms with Gasteiger partial charge in [-0.15, -0.1) is 5.10 Å². The van der Waals surface area contributed by atoms with Crippen LogP contribution in [0.15, 0.2) is 40.0 Å². The Morgan fingerprint density at radius 3 is 2.86 bits per heavy atom. The van der Waals surface area contributed by atoms with Gasteiger partial charge in [-0.05, 0) is 42.3 Å². The van der Waals surface area contributed by atoms with Gasteiger partial charge in [-0.3, -0.25) is 0 Å². The Hall–Kier alpha value is -2.22. The van der Waals surface area contributed by atoms with Crippen LogP contribution in [0.5, 0.6) is 0 Å². The second kappa shape index (κ2) is 5.53. The van der Waals surface area contributed by atoms with Crippen LogP contribution in [-0.2, 0) is 0 Å². The lowest BCUT2D eigenvalue weighted by molar-refractivity contribution is 0.374. The van der Waals surface area contributed by atoms with Crippen molar-refractivity contribution >= 4 is 11.8 Å². The maximum absolute atomic E-state index is 5.36. The highest BCUT2D eigenvalue weighted by molar-refractivity contribution is 7.99. The van der Waals surface area contributed by atoms with E-state index in [1.54, 1.807) is 4.68 Å². The fourth-order valence-corrected chi connectivity index (χ4v) is 2.95. The van der Waals surface area contributed by atoms with E-state index in [0.29, 0.717) is 17.0 Å². The number of rotatable bonds is 5. The lowest BCUT2D eigenvalue weighted by atomic mass is 10.3. The summed E-state index contributed by atoms with van der Waals surface area (Å²) in [7, 11) is 0. The van der Waals surface area contributed by atoms with Crippen LogP contribution in [0.3, 0.4) is 0 Å². The number of para-hydroxylation sites is 1. The van der Waals surface area contributed by atoms with Gasteiger partial charge < -0.3 is 4.52 Å². The molecule has 0 bridgehead atoms. The molecule has 1 aromatic carbocycles. The van der Waals surface area contributed by atoms with Crippen molar-refractivity contribution in [1.82, 2.24) is 30.3 Å². The smallest absolute Gasteiger partial charge is 0.239 e. The van der Waals surface area contributed by atoms with Crippen LogP contribution >= 0.6 is 11.8 Å². The Balaban J connectivity index is 1.54. The second-order valence-electron chi connectivity index (χ2n) is 5.23. The first-order valence-electron chi connectivity index (χ1n) is 7.15. The Bertz CT molecular complexity index is 767. The highest BCUT2D eigenvalue weighted by Gasteiger charge is 2.30. The van der Waals surface area contributed by atoms with Gasteiger partial charge in [0, 0.05) is 5.92 Å². The molecule has 3 aromatic rings. The average Bonchev–Trinajstić information content (AvgIpc) is 3.10. The minimum absolute atomic E-state index is 0.00605. The monoisotopic (exact) mass is 314 g/mol. The Morgan fingerprint density at radius 1 is 1.27 bits per heavy atom. The van der Waals surface area contributed by atoms with Crippen LogP contribution in [0.2, 0.25) is 0 Å². The summed E-state index contributed by atoms with van der Waals surface area (Å²) in [6.07, 6.45) is 2.32. The van der Waals surface area contributed by atoms with Gasteiger partial charge >= 0.3 is 0 Å². The molecule has 0 aliphatic heterocycles. The summed E-state index contributed by atoms with van der Waals surface area (Å²) in [5.74, 6) is 1.93. The van der Waals surface area contributed by atoms with Crippen LogP contribution in [-0.4, -0.2) is 30.3 Å². The van der Waals surface area contributed by atoms with E-state index in [4.69, 9.17) is 4.52 Å². The molecule has 4 rings (SSSR count). The zero-order valence-corrected chi connectivity index (χ0v) is 12.8. The van der Waals surface area contributed by atoms with Crippen molar-refractivity contribution in [3.05, 3.63) is 42.0 Å². The van der Waals surface area contributed by atoms with E-state index in [1.807, 2.05) is 37.3 Å². The van der Waals surface area contributed by atoms with Gasteiger partial charge in [-0.25, -0.2) is 0 Å². The molecule has 0 radical (unpaired) electrons. The average molecular weight is 314 g/mol. The van der Waals surface area contributed by atoms with E-state index in [1.165, 1.54) is 11.8 Å². The Kier molecular flexibility index (Phi) is 3.38. The lowest BCUT2D eigenvalue weighted by Crippen LogP contribution is -2.00. The summed E-state index contributed by atoms with van der Waals surface area (Å²) < 4.78 is 7.07. The first kappa shape index (κ1) is 13.4. The summed E-state index contributed by atoms with van der Waals surface area (Å²) in [5, 5.41) is 16.6. The normalized spacial score (nSPS) is 15.9. The maximum Gasteiger partial charge on any atom is 0.239 e. The zero-order valence-electron chi connectivity index (χ0n) is 12.0. The minimum atomic E-state index is -0.00605. The third-order valence-electron chi connectivity index (χ3n) is 3.47. The van der Waals surface area contributed by atoms with Crippen molar-refractivity contribution in [2.75, 3.05) is 0 Å². The molecule has 1 atom stereocenters. The number of aromatic nitrogens is 6. The van der Waals surface area contributed by atoms with Crippen LogP contribution in [0.25, 0.3) is 5.69 Å². The van der Waals surface area contributed by atoms with Gasteiger partial charge in [0.25, 0.3) is 0 Å². The summed E-state index contributed by atoms with van der Waals surface area (Å²) in [5.41, 5.74) is 0.923. The molecule has 7 nitrogen and oxygen atoms in total. The van der Waals surface area contributed by atoms with E-state index in [-0.39, 0.29) is 5.25 Å². The van der Waals surface area contributed by atoms with Gasteiger partial charge in [-0.1, -0.05) is 35.1 Å². The molecule has 112 valence electrons. The predicted octanol–water partition coefficient (Wildman–Crippen LogP) is 2.78. The Morgan fingerprint density at radius 2 is 2.09 bits per heavy atom. The molecule has 2 heterocycles. The molecule has 0 saturated heterocycles. The van der Waals surface area contributed by atoms with Crippen LogP contribution in [0.1, 0.15) is 42.6 Å². The van der Waals surface area contributed by atoms with Gasteiger partial charge in [-0.2, -0.15) is 9.67 Å². The summed E-state index contributed by atoms with van der Waals surface area (Å²) in [4.78, 5) is 4.48. The van der Waals surface area contributed by atoms with E-state index in [2.05, 4.69) is 25.7 Å². The second-order valence-corrected chi connectivity index (χ2v) is 6.54. The van der Waals surface area contributed by atoms with Crippen molar-refractivity contribution < 1.29 is 4.52 Å². The number of nitrogens with zero attached hydrogens (tertiary/aromatic N) is 6. The number of thioether (sulfide) groups is 1. The summed E-state index contributed by atoms with van der Waals surface area (Å²) in [6.45, 7) is 2.01. The molecule has 0 amide bonds. The van der Waals surface area contributed by atoms with Crippen molar-refractivity contribution in [3.8, 4) is 5.69 Å². The molecule has 8 heteroatoms. The van der Waals surface area contributed by atoms with Gasteiger partial charge in [0.1, 0.15) is 0 Å². The van der Waals surface area contributed by atoms with Crippen LogP contribution in [0.4, 0.5) is 0 Å². The molecule has 22 heavy (non-hydrogen) atoms. The third-order valence-corrected chi connectivity index (χ3v) is 4.49. The number of tetrazole rings is 1. The molecule has 0 N–H and O–H groups in total. The number of benzene rings is 1. The van der Waals surface area contributed by atoms with E-state index < -0.39 is 0 Å². The highest BCUT2D eigenvalue weighted by Crippen LogP contribution is 2.40. The van der Waals surface area contributed by atoms with Crippen LogP contribution in [0, 0.1) is 0 Å². The predicted molar refractivity (Wildman–Crippen MR) is 79.7 cm³/mol. The van der Waals surface area contributed by atoms with Gasteiger partial charge in [0.15, 0.2) is 5.82 Å². The van der Waals surface area contributed by atoms with Crippen molar-refractivity contribution in [1.29, 1.82) is 0 Å². The molecule has 1 aliphatic carbocycles. The largest absolute Gasteiger partial charge is 0.338 e. The molecular weight excluding hydrogens is 300 g/mol. The summed E-state index contributed by atoms with van der Waals surface area (Å²) in [6, 6.07) is 9.79. The maximum atomic E-state index is 5.36. The van der Waals surface area contributed by atoms with Crippen LogP contribution < -0.4 is 0 Å². The zero-order chi connectivity index (χ0) is 14.9. The standard InChI is InChI=1S/C14H14N6OS/c1-9(13-15-12(17-21-13)10-7-8-10)22-14-16-18-19-20(14)11-5-3-2-4-6-11/h2-6,9-10H,7-8H2,1H3/t9-/m1/s1. The number of hydrogen-bond acceptors (Lipinski definition) is 7. The fourth-order valence-electron chi connectivity index (χ4n) is 2.11. The van der Waals surface area contributed by atoms with Gasteiger partial charge in [0.2, 0.25) is 11.0 Å². The van der Waals surface area contributed by atoms with Gasteiger partial charge in [0.05, 0.1) is 10.9 Å². The minimum Gasteiger partial charge on any atom is -0.338 e. The molecule has 0 unspecified atom stereocenters. The topological polar surface area (TPSA) is 82.5 Å². The van der Waals surface area contributed by atoms with E-state index >= 15 is 0 Å². The summed E-state index contributed by atoms with van der Waals surface area (Å²) >= 11 is 1.50. The quantitative estimate of drug-likeness (QED) is 0.670. The van der Waals surface area contributed by atoms with E-state index in [9.17, 15) is 0 Å². The SMILES string of the molecule is C[C@@H](Sc1nnnn1-c1ccccc1)c1nc(C2CC2)no1. The Labute approximate surface area is 131 Å². The molecule has 1 saturated carbocycles. The molecule has 2 aromatic heterocycles. The molecule has 1 aliphatic rings. The van der Waals surface area contributed by atoms with Crippen molar-refractivity contribution in [2.45, 2.75) is 36.1 Å². The third kappa shape index (κ3) is 2.61. The lowest BCUT2D eigenvalue weighted by Gasteiger charge is -2.06. The first-order chi connectivity index (χ1) is 10.8. The number of hydrogen-bond donors (Lipinski definition) is 0. The molecule has 1 fully saturated rings. The first-order valence-corrected chi connectivity index (χ1v) is 8.03.